The van der Waals surface area contributed by atoms with Gasteiger partial charge in [-0.25, -0.2) is 0 Å². The smallest absolute Gasteiger partial charge is 0.255 e. The number of likely N-dealkylation sites (tertiary alicyclic amines) is 2. The summed E-state index contributed by atoms with van der Waals surface area (Å²) in [6, 6.07) is 8.75. The van der Waals surface area contributed by atoms with Crippen LogP contribution < -0.4 is 5.56 Å². The summed E-state index contributed by atoms with van der Waals surface area (Å²) in [4.78, 5) is 19.8. The normalized spacial score (nSPS) is 31.7. The number of hydrogen-bond acceptors (Lipinski definition) is 5. The molecule has 2 bridgehead atoms. The topological polar surface area (TPSA) is 37.7 Å². The maximum atomic E-state index is 13.3. The van der Waals surface area contributed by atoms with Crippen molar-refractivity contribution in [3.63, 3.8) is 0 Å². The highest BCUT2D eigenvalue weighted by atomic mass is 32.1. The minimum atomic E-state index is 0.261. The zero-order valence-corrected chi connectivity index (χ0v) is 17.7. The fourth-order valence-corrected chi connectivity index (χ4v) is 6.86. The van der Waals surface area contributed by atoms with Crippen LogP contribution in [0.1, 0.15) is 28.5 Å². The molecule has 6 rings (SSSR count). The summed E-state index contributed by atoms with van der Waals surface area (Å²) in [5.74, 6) is 2.43. The zero-order valence-electron chi connectivity index (χ0n) is 16.8. The highest BCUT2D eigenvalue weighted by Crippen LogP contribution is 2.36. The lowest BCUT2D eigenvalue weighted by molar-refractivity contribution is 0.115. The molecule has 2 aromatic heterocycles. The van der Waals surface area contributed by atoms with Gasteiger partial charge in [0, 0.05) is 79.7 Å². The van der Waals surface area contributed by atoms with Crippen LogP contribution in [0.15, 0.2) is 34.4 Å². The Morgan fingerprint density at radius 3 is 2.59 bits per heavy atom. The SMILES string of the molecule is O=c1c(CN2C[C@H]3COC[C@H]3C2)ccc2n1C[C@H]1C[C@@H]2CN(Cc2cccs2)C1. The summed E-state index contributed by atoms with van der Waals surface area (Å²) in [5, 5.41) is 2.16. The van der Waals surface area contributed by atoms with Gasteiger partial charge in [-0.3, -0.25) is 14.6 Å². The zero-order chi connectivity index (χ0) is 19.4. The molecular formula is C23H29N3O2S. The molecule has 29 heavy (non-hydrogen) atoms. The summed E-state index contributed by atoms with van der Waals surface area (Å²) >= 11 is 1.85. The number of rotatable bonds is 4. The van der Waals surface area contributed by atoms with Crippen LogP contribution in [0.3, 0.4) is 0 Å². The van der Waals surface area contributed by atoms with Gasteiger partial charge >= 0.3 is 0 Å². The van der Waals surface area contributed by atoms with E-state index in [0.29, 0.717) is 23.7 Å². The van der Waals surface area contributed by atoms with Gasteiger partial charge in [-0.2, -0.15) is 0 Å². The van der Waals surface area contributed by atoms with Crippen molar-refractivity contribution in [1.29, 1.82) is 0 Å². The lowest BCUT2D eigenvalue weighted by Crippen LogP contribution is -2.47. The number of thiophene rings is 1. The Balaban J connectivity index is 1.20. The van der Waals surface area contributed by atoms with Crippen molar-refractivity contribution in [3.05, 3.63) is 56.1 Å². The Hall–Kier alpha value is -1.47. The Morgan fingerprint density at radius 2 is 1.79 bits per heavy atom. The highest BCUT2D eigenvalue weighted by molar-refractivity contribution is 7.09. The van der Waals surface area contributed by atoms with Crippen LogP contribution >= 0.6 is 11.3 Å². The van der Waals surface area contributed by atoms with E-state index in [4.69, 9.17) is 4.74 Å². The van der Waals surface area contributed by atoms with Gasteiger partial charge in [0.05, 0.1) is 13.2 Å². The van der Waals surface area contributed by atoms with Crippen molar-refractivity contribution in [2.24, 2.45) is 17.8 Å². The van der Waals surface area contributed by atoms with Crippen LogP contribution in [0.5, 0.6) is 0 Å². The van der Waals surface area contributed by atoms with E-state index in [1.165, 1.54) is 17.0 Å². The first-order valence-electron chi connectivity index (χ1n) is 11.0. The number of ether oxygens (including phenoxy) is 1. The monoisotopic (exact) mass is 411 g/mol. The summed E-state index contributed by atoms with van der Waals surface area (Å²) in [5.41, 5.74) is 2.50. The highest BCUT2D eigenvalue weighted by Gasteiger charge is 2.38. The molecule has 6 heterocycles. The first-order chi connectivity index (χ1) is 14.2. The molecule has 5 nitrogen and oxygen atoms in total. The van der Waals surface area contributed by atoms with Gasteiger partial charge in [0.2, 0.25) is 0 Å². The van der Waals surface area contributed by atoms with Crippen LogP contribution in [-0.4, -0.2) is 53.8 Å². The molecule has 3 saturated heterocycles. The molecule has 0 unspecified atom stereocenters. The van der Waals surface area contributed by atoms with E-state index >= 15 is 0 Å². The van der Waals surface area contributed by atoms with Crippen LogP contribution in [-0.2, 0) is 24.4 Å². The molecule has 2 aromatic rings. The molecule has 154 valence electrons. The second kappa shape index (κ2) is 7.34. The van der Waals surface area contributed by atoms with E-state index in [1.54, 1.807) is 0 Å². The van der Waals surface area contributed by atoms with Crippen molar-refractivity contribution in [3.8, 4) is 0 Å². The number of hydrogen-bond donors (Lipinski definition) is 0. The second-order valence-corrected chi connectivity index (χ2v) is 10.6. The number of fused-ring (bicyclic) bond motifs is 5. The molecule has 0 radical (unpaired) electrons. The molecule has 3 fully saturated rings. The lowest BCUT2D eigenvalue weighted by atomic mass is 9.83. The Morgan fingerprint density at radius 1 is 0.966 bits per heavy atom. The van der Waals surface area contributed by atoms with Gasteiger partial charge in [0.15, 0.2) is 0 Å². The fourth-order valence-electron chi connectivity index (χ4n) is 6.12. The van der Waals surface area contributed by atoms with Crippen LogP contribution in [0.4, 0.5) is 0 Å². The largest absolute Gasteiger partial charge is 0.381 e. The van der Waals surface area contributed by atoms with E-state index in [0.717, 1.165) is 64.6 Å². The third-order valence-corrected chi connectivity index (χ3v) is 8.29. The number of nitrogens with zero attached hydrogens (tertiary/aromatic N) is 3. The molecule has 0 saturated carbocycles. The van der Waals surface area contributed by atoms with Crippen molar-refractivity contribution < 1.29 is 4.74 Å². The van der Waals surface area contributed by atoms with Crippen LogP contribution in [0.2, 0.25) is 0 Å². The third-order valence-electron chi connectivity index (χ3n) is 7.43. The minimum Gasteiger partial charge on any atom is -0.381 e. The fraction of sp³-hybridized carbons (Fsp3) is 0.609. The first-order valence-corrected chi connectivity index (χ1v) is 11.9. The molecule has 0 aromatic carbocycles. The standard InChI is InChI=1S/C23H29N3O2S/c27-23-17(9-25-11-19-14-28-15-20(19)12-25)3-4-22-18-6-16(8-26(22)23)7-24(10-18)13-21-2-1-5-29-21/h1-5,16,18-20H,6-15H2/t16-,18+,19-,20+/m0/s1. The number of pyridine rings is 1. The molecule has 0 N–H and O–H groups in total. The van der Waals surface area contributed by atoms with Crippen molar-refractivity contribution in [2.75, 3.05) is 39.4 Å². The van der Waals surface area contributed by atoms with Gasteiger partial charge < -0.3 is 9.30 Å². The molecule has 6 heteroatoms. The molecule has 4 aliphatic heterocycles. The quantitative estimate of drug-likeness (QED) is 0.775. The van der Waals surface area contributed by atoms with Gasteiger partial charge in [-0.15, -0.1) is 11.3 Å². The Bertz CT molecular complexity index is 928. The number of aromatic nitrogens is 1. The molecule has 4 atom stereocenters. The summed E-state index contributed by atoms with van der Waals surface area (Å²) in [7, 11) is 0. The summed E-state index contributed by atoms with van der Waals surface area (Å²) < 4.78 is 7.72. The van der Waals surface area contributed by atoms with Gasteiger partial charge in [-0.05, 0) is 29.9 Å². The molecule has 0 spiro atoms. The summed E-state index contributed by atoms with van der Waals surface area (Å²) in [6.07, 6.45) is 1.23. The maximum Gasteiger partial charge on any atom is 0.255 e. The Kier molecular flexibility index (Phi) is 4.64. The van der Waals surface area contributed by atoms with Crippen LogP contribution in [0, 0.1) is 17.8 Å². The van der Waals surface area contributed by atoms with Gasteiger partial charge in [0.25, 0.3) is 5.56 Å². The van der Waals surface area contributed by atoms with Crippen molar-refractivity contribution in [2.45, 2.75) is 32.0 Å². The van der Waals surface area contributed by atoms with Gasteiger partial charge in [0.1, 0.15) is 0 Å². The molecular weight excluding hydrogens is 382 g/mol. The maximum absolute atomic E-state index is 13.3. The third kappa shape index (κ3) is 3.40. The van der Waals surface area contributed by atoms with Crippen LogP contribution in [0.25, 0.3) is 0 Å². The van der Waals surface area contributed by atoms with E-state index in [-0.39, 0.29) is 5.56 Å². The lowest BCUT2D eigenvalue weighted by Gasteiger charge is -2.43. The Labute approximate surface area is 175 Å². The van der Waals surface area contributed by atoms with E-state index in [2.05, 4.69) is 44.0 Å². The number of piperidine rings is 1. The molecule has 4 aliphatic rings. The summed E-state index contributed by atoms with van der Waals surface area (Å²) in [6.45, 7) is 8.87. The average Bonchev–Trinajstić information content (AvgIpc) is 3.42. The van der Waals surface area contributed by atoms with E-state index in [9.17, 15) is 4.79 Å². The predicted octanol–water partition coefficient (Wildman–Crippen LogP) is 2.61. The second-order valence-electron chi connectivity index (χ2n) is 9.52. The van der Waals surface area contributed by atoms with E-state index in [1.807, 2.05) is 11.3 Å². The van der Waals surface area contributed by atoms with Gasteiger partial charge in [-0.1, -0.05) is 12.1 Å². The average molecular weight is 412 g/mol. The minimum absolute atomic E-state index is 0.261. The predicted molar refractivity (Wildman–Crippen MR) is 114 cm³/mol. The van der Waals surface area contributed by atoms with Crippen molar-refractivity contribution in [1.82, 2.24) is 14.4 Å². The molecule has 0 aliphatic carbocycles. The van der Waals surface area contributed by atoms with E-state index < -0.39 is 0 Å². The molecule has 0 amide bonds. The van der Waals surface area contributed by atoms with Crippen molar-refractivity contribution >= 4 is 11.3 Å². The first kappa shape index (κ1) is 18.3.